The zero-order chi connectivity index (χ0) is 48.1. The van der Waals surface area contributed by atoms with Crippen molar-refractivity contribution in [2.75, 3.05) is 20.3 Å². The number of nitrogens with zero attached hydrogens (tertiary/aromatic N) is 3. The summed E-state index contributed by atoms with van der Waals surface area (Å²) >= 11 is 0. The first kappa shape index (κ1) is 49.9. The van der Waals surface area contributed by atoms with Crippen LogP contribution in [0.1, 0.15) is 105 Å². The highest BCUT2D eigenvalue weighted by molar-refractivity contribution is 7.91. The van der Waals surface area contributed by atoms with E-state index < -0.39 is 129 Å². The second-order valence-corrected chi connectivity index (χ2v) is 21.2. The SMILES string of the molecule is COC[C@@H]1C[C@H](C)CC/C=C\[C@@H]2C[C@@]2(C(=O)NS(=O)(=O)C2(C)CC2)CC(=O)[C@@H]2C[C@@H](Oc3nc4cc(OC(C)C)ccc4nc3C(F)(F)F)CN2C(=O)[C@H]1CC(=O)OC(C)(C)C(F)(F)F. The van der Waals surface area contributed by atoms with Crippen molar-refractivity contribution in [2.24, 2.45) is 29.1 Å². The van der Waals surface area contributed by atoms with Gasteiger partial charge in [0.25, 0.3) is 0 Å². The Hall–Kier alpha value is -4.53. The minimum atomic E-state index is -5.09. The number of hydrogen-bond donors (Lipinski definition) is 1. The van der Waals surface area contributed by atoms with Crippen LogP contribution in [0.4, 0.5) is 26.3 Å². The van der Waals surface area contributed by atoms with Crippen molar-refractivity contribution in [1.29, 1.82) is 0 Å². The highest BCUT2D eigenvalue weighted by Gasteiger charge is 2.63. The maximum Gasteiger partial charge on any atom is 0.438 e. The van der Waals surface area contributed by atoms with Gasteiger partial charge in [0.15, 0.2) is 5.78 Å². The summed E-state index contributed by atoms with van der Waals surface area (Å²) in [7, 11) is -2.82. The van der Waals surface area contributed by atoms with Gasteiger partial charge in [-0.1, -0.05) is 19.1 Å². The van der Waals surface area contributed by atoms with Gasteiger partial charge in [0.05, 0.1) is 52.2 Å². The van der Waals surface area contributed by atoms with Gasteiger partial charge in [-0.2, -0.15) is 26.3 Å². The van der Waals surface area contributed by atoms with E-state index in [1.165, 1.54) is 32.2 Å². The normalized spacial score (nSPS) is 28.1. The molecule has 360 valence electrons. The Kier molecular flexibility index (Phi) is 14.0. The molecule has 4 aliphatic rings. The molecule has 6 rings (SSSR count). The molecule has 1 aromatic heterocycles. The van der Waals surface area contributed by atoms with E-state index in [0.717, 1.165) is 4.90 Å². The number of amides is 2. The molecule has 2 aromatic rings. The smallest absolute Gasteiger partial charge is 0.438 e. The first-order valence-electron chi connectivity index (χ1n) is 21.7. The fraction of sp³-hybridized carbons (Fsp3) is 0.682. The minimum absolute atomic E-state index is 0.0289. The molecule has 0 bridgehead atoms. The second kappa shape index (κ2) is 18.3. The van der Waals surface area contributed by atoms with E-state index in [0.29, 0.717) is 39.5 Å². The summed E-state index contributed by atoms with van der Waals surface area (Å²) in [6.45, 7) is 7.44. The Bertz CT molecular complexity index is 2300. The third kappa shape index (κ3) is 11.0. The van der Waals surface area contributed by atoms with Gasteiger partial charge in [0.1, 0.15) is 11.9 Å². The van der Waals surface area contributed by atoms with Gasteiger partial charge in [-0.15, -0.1) is 0 Å². The summed E-state index contributed by atoms with van der Waals surface area (Å²) in [6.07, 6.45) is -8.20. The van der Waals surface area contributed by atoms with Crippen molar-refractivity contribution in [3.05, 3.63) is 36.0 Å². The van der Waals surface area contributed by atoms with E-state index in [4.69, 9.17) is 18.9 Å². The molecule has 1 aromatic carbocycles. The van der Waals surface area contributed by atoms with E-state index in [2.05, 4.69) is 14.7 Å². The zero-order valence-corrected chi connectivity index (χ0v) is 38.1. The van der Waals surface area contributed by atoms with Gasteiger partial charge in [-0.05, 0) is 103 Å². The predicted octanol–water partition coefficient (Wildman–Crippen LogP) is 7.28. The van der Waals surface area contributed by atoms with Crippen LogP contribution in [0.5, 0.6) is 11.6 Å². The van der Waals surface area contributed by atoms with Crippen LogP contribution in [0.15, 0.2) is 30.4 Å². The first-order chi connectivity index (χ1) is 30.1. The number of hydrogen-bond acceptors (Lipinski definition) is 12. The summed E-state index contributed by atoms with van der Waals surface area (Å²) in [5, 5.41) is 0. The van der Waals surface area contributed by atoms with Gasteiger partial charge in [0, 0.05) is 32.6 Å². The lowest BCUT2D eigenvalue weighted by molar-refractivity contribution is -0.257. The Morgan fingerprint density at radius 2 is 1.72 bits per heavy atom. The Labute approximate surface area is 373 Å². The number of nitrogens with one attached hydrogen (secondary N) is 1. The third-order valence-corrected chi connectivity index (χ3v) is 15.1. The summed E-state index contributed by atoms with van der Waals surface area (Å²) < 4.78 is 135. The van der Waals surface area contributed by atoms with Crippen LogP contribution in [-0.2, 0) is 44.9 Å². The van der Waals surface area contributed by atoms with Gasteiger partial charge in [-0.25, -0.2) is 18.4 Å². The largest absolute Gasteiger partial charge is 0.491 e. The van der Waals surface area contributed by atoms with Crippen LogP contribution in [-0.4, -0.2) is 102 Å². The number of alkyl halides is 6. The summed E-state index contributed by atoms with van der Waals surface area (Å²) in [4.78, 5) is 66.3. The number of ketones is 1. The third-order valence-electron chi connectivity index (χ3n) is 13.0. The molecule has 2 amide bonds. The number of Topliss-reactive ketones (excluding diaryl/α,β-unsaturated/α-hetero) is 1. The summed E-state index contributed by atoms with van der Waals surface area (Å²) in [6, 6.07) is 2.57. The monoisotopic (exact) mass is 946 g/mol. The number of carbonyl (C=O) groups is 4. The van der Waals surface area contributed by atoms with Crippen molar-refractivity contribution in [3.63, 3.8) is 0 Å². The maximum absolute atomic E-state index is 15.1. The van der Waals surface area contributed by atoms with Crippen LogP contribution in [0.3, 0.4) is 0 Å². The molecule has 2 aliphatic heterocycles. The minimum Gasteiger partial charge on any atom is -0.491 e. The molecule has 0 radical (unpaired) electrons. The molecule has 65 heavy (non-hydrogen) atoms. The molecule has 14 nitrogen and oxygen atoms in total. The van der Waals surface area contributed by atoms with Crippen LogP contribution >= 0.6 is 0 Å². The van der Waals surface area contributed by atoms with E-state index >= 15 is 4.79 Å². The average Bonchev–Trinajstić information content (AvgIpc) is 4.06. The lowest BCUT2D eigenvalue weighted by Gasteiger charge is -2.34. The number of sulfonamides is 1. The van der Waals surface area contributed by atoms with Crippen LogP contribution in [0.2, 0.25) is 0 Å². The number of rotatable bonds is 12. The number of ether oxygens (including phenoxy) is 4. The summed E-state index contributed by atoms with van der Waals surface area (Å²) in [5.74, 6) is -7.71. The molecule has 3 heterocycles. The van der Waals surface area contributed by atoms with Gasteiger partial charge < -0.3 is 23.8 Å². The molecule has 1 saturated heterocycles. The number of halogens is 6. The van der Waals surface area contributed by atoms with Crippen LogP contribution < -0.4 is 14.2 Å². The van der Waals surface area contributed by atoms with Gasteiger partial charge >= 0.3 is 18.3 Å². The topological polar surface area (TPSA) is 180 Å². The van der Waals surface area contributed by atoms with Crippen LogP contribution in [0, 0.1) is 29.1 Å². The van der Waals surface area contributed by atoms with E-state index in [9.17, 15) is 49.1 Å². The highest BCUT2D eigenvalue weighted by atomic mass is 32.2. The van der Waals surface area contributed by atoms with E-state index in [-0.39, 0.29) is 48.3 Å². The fourth-order valence-electron chi connectivity index (χ4n) is 8.64. The zero-order valence-electron chi connectivity index (χ0n) is 37.3. The van der Waals surface area contributed by atoms with E-state index in [1.807, 2.05) is 13.0 Å². The maximum atomic E-state index is 15.1. The predicted molar refractivity (Wildman–Crippen MR) is 222 cm³/mol. The van der Waals surface area contributed by atoms with Gasteiger partial charge in [-0.3, -0.25) is 23.9 Å². The lowest BCUT2D eigenvalue weighted by atomic mass is 9.81. The molecule has 0 spiro atoms. The molecule has 2 saturated carbocycles. The molecule has 1 N–H and O–H groups in total. The first-order valence-corrected chi connectivity index (χ1v) is 23.1. The highest BCUT2D eigenvalue weighted by Crippen LogP contribution is 2.58. The molecule has 2 aliphatic carbocycles. The second-order valence-electron chi connectivity index (χ2n) is 19.0. The molecular formula is C44H56F6N4O10S. The number of esters is 1. The molecule has 0 unspecified atom stereocenters. The average molecular weight is 947 g/mol. The van der Waals surface area contributed by atoms with Gasteiger partial charge in [0.2, 0.25) is 39.0 Å². The van der Waals surface area contributed by atoms with Crippen molar-refractivity contribution < 1.29 is 72.9 Å². The fourth-order valence-corrected chi connectivity index (χ4v) is 9.97. The number of benzene rings is 1. The van der Waals surface area contributed by atoms with Crippen LogP contribution in [0.25, 0.3) is 11.0 Å². The summed E-state index contributed by atoms with van der Waals surface area (Å²) in [5.41, 5.74) is -6.19. The molecular weight excluding hydrogens is 891 g/mol. The number of carbonyl (C=O) groups excluding carboxylic acids is 4. The van der Waals surface area contributed by atoms with Crippen molar-refractivity contribution in [2.45, 2.75) is 140 Å². The van der Waals surface area contributed by atoms with Crippen molar-refractivity contribution >= 4 is 44.6 Å². The number of allylic oxidation sites excluding steroid dienone is 2. The number of aromatic nitrogens is 2. The van der Waals surface area contributed by atoms with Crippen molar-refractivity contribution in [1.82, 2.24) is 19.6 Å². The number of fused-ring (bicyclic) bond motifs is 3. The Balaban J connectivity index is 1.42. The Morgan fingerprint density at radius 1 is 1.03 bits per heavy atom. The quantitative estimate of drug-likeness (QED) is 0.128. The molecule has 3 fully saturated rings. The number of methoxy groups -OCH3 is 1. The Morgan fingerprint density at radius 3 is 2.34 bits per heavy atom. The van der Waals surface area contributed by atoms with Crippen molar-refractivity contribution in [3.8, 4) is 11.6 Å². The molecule has 7 atom stereocenters. The standard InChI is InChI=1S/C44H56F6N4O10S/c1-24(2)62-28-12-13-31-32(17-28)52-37(36(51-31)43(45,46)47)63-29-18-33-34(55)21-42(39(58)53-65(59,60)41(6)14-15-41)20-27(42)11-9-8-10-25(3)16-26(23-61-7)30(38(57)54(33)22-29)19-35(56)64-40(4,5)44(48,49)50/h9,11-13,17,24-27,29-30,33H,8,10,14-16,18-23H2,1-7H3,(H,53,58)/b11-9-/t25-,26+,27-,29-,30+,33+,42-/m1/s1. The van der Waals surface area contributed by atoms with E-state index in [1.54, 1.807) is 19.9 Å². The molecule has 21 heteroatoms. The lowest BCUT2D eigenvalue weighted by Crippen LogP contribution is -2.49.